The van der Waals surface area contributed by atoms with Crippen molar-refractivity contribution >= 4 is 10.0 Å². The summed E-state index contributed by atoms with van der Waals surface area (Å²) in [5, 5.41) is -0.332. The number of nitrogens with one attached hydrogen (secondary N) is 1. The summed E-state index contributed by atoms with van der Waals surface area (Å²) < 4.78 is 38.5. The van der Waals surface area contributed by atoms with E-state index in [1.807, 2.05) is 18.2 Å². The topological polar surface area (TPSA) is 64.6 Å². The summed E-state index contributed by atoms with van der Waals surface area (Å²) in [6, 6.07) is 5.69. The van der Waals surface area contributed by atoms with E-state index in [0.717, 1.165) is 29.7 Å². The van der Waals surface area contributed by atoms with Gasteiger partial charge in [0.2, 0.25) is 10.0 Å². The minimum Gasteiger partial charge on any atom is -0.496 e. The number of hydrogen-bond donors (Lipinski definition) is 1. The highest BCUT2D eigenvalue weighted by molar-refractivity contribution is 7.90. The van der Waals surface area contributed by atoms with Gasteiger partial charge in [-0.05, 0) is 42.9 Å². The van der Waals surface area contributed by atoms with Gasteiger partial charge in [-0.3, -0.25) is 0 Å². The van der Waals surface area contributed by atoms with Crippen molar-refractivity contribution < 1.29 is 17.9 Å². The molecule has 6 heteroatoms. The van der Waals surface area contributed by atoms with Gasteiger partial charge in [0.15, 0.2) is 0 Å². The molecule has 21 heavy (non-hydrogen) atoms. The molecule has 1 unspecified atom stereocenters. The SMILES string of the molecule is COc1cccc2c1CCC2NS(=O)(=O)C1CCOCC1. The molecule has 3 rings (SSSR count). The first kappa shape index (κ1) is 14.8. The van der Waals surface area contributed by atoms with Crippen LogP contribution in [0.3, 0.4) is 0 Å². The molecule has 1 fully saturated rings. The molecule has 1 saturated heterocycles. The van der Waals surface area contributed by atoms with Crippen LogP contribution in [-0.2, 0) is 21.2 Å². The smallest absolute Gasteiger partial charge is 0.215 e. The van der Waals surface area contributed by atoms with Gasteiger partial charge in [0.25, 0.3) is 0 Å². The van der Waals surface area contributed by atoms with Gasteiger partial charge < -0.3 is 9.47 Å². The van der Waals surface area contributed by atoms with E-state index in [0.29, 0.717) is 26.1 Å². The van der Waals surface area contributed by atoms with Crippen LogP contribution < -0.4 is 9.46 Å². The normalized spacial score (nSPS) is 23.0. The zero-order valence-electron chi connectivity index (χ0n) is 12.2. The van der Waals surface area contributed by atoms with E-state index in [4.69, 9.17) is 9.47 Å². The third-order valence-electron chi connectivity index (χ3n) is 4.36. The van der Waals surface area contributed by atoms with E-state index in [9.17, 15) is 8.42 Å². The van der Waals surface area contributed by atoms with Crippen LogP contribution in [0.1, 0.15) is 36.4 Å². The highest BCUT2D eigenvalue weighted by Crippen LogP contribution is 2.37. The Kier molecular flexibility index (Phi) is 4.19. The van der Waals surface area contributed by atoms with Gasteiger partial charge in [0.1, 0.15) is 5.75 Å². The summed E-state index contributed by atoms with van der Waals surface area (Å²) in [4.78, 5) is 0. The Hall–Kier alpha value is -1.11. The van der Waals surface area contributed by atoms with E-state index in [-0.39, 0.29) is 11.3 Å². The van der Waals surface area contributed by atoms with Crippen molar-refractivity contribution in [1.29, 1.82) is 0 Å². The van der Waals surface area contributed by atoms with Gasteiger partial charge in [0, 0.05) is 19.3 Å². The largest absolute Gasteiger partial charge is 0.496 e. The lowest BCUT2D eigenvalue weighted by atomic mass is 10.1. The summed E-state index contributed by atoms with van der Waals surface area (Å²) in [5.74, 6) is 0.847. The third kappa shape index (κ3) is 2.93. The van der Waals surface area contributed by atoms with Crippen LogP contribution in [0.5, 0.6) is 5.75 Å². The molecule has 1 aliphatic carbocycles. The second-order valence-corrected chi connectivity index (χ2v) is 7.59. The molecular formula is C15H21NO4S. The van der Waals surface area contributed by atoms with Crippen molar-refractivity contribution in [3.63, 3.8) is 0 Å². The van der Waals surface area contributed by atoms with Crippen molar-refractivity contribution in [2.75, 3.05) is 20.3 Å². The van der Waals surface area contributed by atoms with Crippen molar-refractivity contribution in [3.05, 3.63) is 29.3 Å². The number of hydrogen-bond acceptors (Lipinski definition) is 4. The minimum atomic E-state index is -3.30. The fraction of sp³-hybridized carbons (Fsp3) is 0.600. The summed E-state index contributed by atoms with van der Waals surface area (Å²) in [6.45, 7) is 1.06. The summed E-state index contributed by atoms with van der Waals surface area (Å²) in [5.41, 5.74) is 2.17. The molecule has 1 aliphatic heterocycles. The van der Waals surface area contributed by atoms with Crippen molar-refractivity contribution in [2.24, 2.45) is 0 Å². The Morgan fingerprint density at radius 1 is 1.24 bits per heavy atom. The summed E-state index contributed by atoms with van der Waals surface area (Å²) in [6.07, 6.45) is 2.79. The molecule has 0 radical (unpaired) electrons. The lowest BCUT2D eigenvalue weighted by Gasteiger charge is -2.24. The fourth-order valence-electron chi connectivity index (χ4n) is 3.22. The van der Waals surface area contributed by atoms with Crippen LogP contribution in [0.2, 0.25) is 0 Å². The van der Waals surface area contributed by atoms with E-state index in [1.54, 1.807) is 7.11 Å². The van der Waals surface area contributed by atoms with Gasteiger partial charge in [-0.15, -0.1) is 0 Å². The second kappa shape index (κ2) is 5.94. The van der Waals surface area contributed by atoms with Crippen LogP contribution in [0.4, 0.5) is 0 Å². The number of fused-ring (bicyclic) bond motifs is 1. The van der Waals surface area contributed by atoms with Crippen LogP contribution in [0, 0.1) is 0 Å². The molecule has 2 aliphatic rings. The molecule has 0 bridgehead atoms. The highest BCUT2D eigenvalue weighted by Gasteiger charge is 2.33. The fourth-order valence-corrected chi connectivity index (χ4v) is 4.86. The van der Waals surface area contributed by atoms with Crippen molar-refractivity contribution in [1.82, 2.24) is 4.72 Å². The van der Waals surface area contributed by atoms with Crippen LogP contribution in [-0.4, -0.2) is 34.0 Å². The molecule has 1 aromatic rings. The van der Waals surface area contributed by atoms with E-state index in [1.165, 1.54) is 0 Å². The second-order valence-electron chi connectivity index (χ2n) is 5.59. The van der Waals surface area contributed by atoms with E-state index >= 15 is 0 Å². The zero-order valence-corrected chi connectivity index (χ0v) is 13.0. The maximum absolute atomic E-state index is 12.5. The van der Waals surface area contributed by atoms with Gasteiger partial charge >= 0.3 is 0 Å². The molecule has 5 nitrogen and oxygen atoms in total. The first-order valence-electron chi connectivity index (χ1n) is 7.36. The Morgan fingerprint density at radius 3 is 2.71 bits per heavy atom. The Labute approximate surface area is 125 Å². The molecule has 0 amide bonds. The minimum absolute atomic E-state index is 0.136. The van der Waals surface area contributed by atoms with Crippen molar-refractivity contribution in [2.45, 2.75) is 37.0 Å². The molecule has 0 spiro atoms. The lowest BCUT2D eigenvalue weighted by Crippen LogP contribution is -2.39. The zero-order chi connectivity index (χ0) is 14.9. The third-order valence-corrected chi connectivity index (χ3v) is 6.32. The summed E-state index contributed by atoms with van der Waals surface area (Å²) >= 11 is 0. The van der Waals surface area contributed by atoms with Crippen LogP contribution >= 0.6 is 0 Å². The Morgan fingerprint density at radius 2 is 2.00 bits per heavy atom. The maximum atomic E-state index is 12.5. The Bertz CT molecular complexity index is 608. The van der Waals surface area contributed by atoms with Gasteiger partial charge in [0.05, 0.1) is 12.4 Å². The predicted molar refractivity (Wildman–Crippen MR) is 80.0 cm³/mol. The predicted octanol–water partition coefficient (Wildman–Crippen LogP) is 1.78. The number of rotatable bonds is 4. The molecular weight excluding hydrogens is 290 g/mol. The molecule has 1 aromatic carbocycles. The quantitative estimate of drug-likeness (QED) is 0.920. The molecule has 1 heterocycles. The number of sulfonamides is 1. The number of ether oxygens (including phenoxy) is 2. The summed E-state index contributed by atoms with van der Waals surface area (Å²) in [7, 11) is -1.65. The average Bonchev–Trinajstić information content (AvgIpc) is 2.91. The monoisotopic (exact) mass is 311 g/mol. The van der Waals surface area contributed by atoms with Crippen molar-refractivity contribution in [3.8, 4) is 5.75 Å². The van der Waals surface area contributed by atoms with Crippen LogP contribution in [0.25, 0.3) is 0 Å². The van der Waals surface area contributed by atoms with Gasteiger partial charge in [-0.1, -0.05) is 12.1 Å². The lowest BCUT2D eigenvalue weighted by molar-refractivity contribution is 0.0981. The standard InChI is InChI=1S/C15H21NO4S/c1-19-15-4-2-3-12-13(15)5-6-14(12)16-21(17,18)11-7-9-20-10-8-11/h2-4,11,14,16H,5-10H2,1H3. The average molecular weight is 311 g/mol. The maximum Gasteiger partial charge on any atom is 0.215 e. The van der Waals surface area contributed by atoms with E-state index in [2.05, 4.69) is 4.72 Å². The van der Waals surface area contributed by atoms with E-state index < -0.39 is 10.0 Å². The van der Waals surface area contributed by atoms with Gasteiger partial charge in [-0.2, -0.15) is 0 Å². The number of benzene rings is 1. The molecule has 1 N–H and O–H groups in total. The first-order valence-corrected chi connectivity index (χ1v) is 8.91. The first-order chi connectivity index (χ1) is 10.1. The molecule has 0 saturated carbocycles. The Balaban J connectivity index is 1.78. The highest BCUT2D eigenvalue weighted by atomic mass is 32.2. The number of methoxy groups -OCH3 is 1. The van der Waals surface area contributed by atoms with Crippen LogP contribution in [0.15, 0.2) is 18.2 Å². The molecule has 116 valence electrons. The van der Waals surface area contributed by atoms with Gasteiger partial charge in [-0.25, -0.2) is 13.1 Å². The molecule has 0 aromatic heterocycles. The molecule has 1 atom stereocenters.